The smallest absolute Gasteiger partial charge is 0.218 e. The lowest BCUT2D eigenvalue weighted by atomic mass is 10.3. The van der Waals surface area contributed by atoms with E-state index >= 15 is 0 Å². The van der Waals surface area contributed by atoms with Crippen molar-refractivity contribution in [1.82, 2.24) is 19.6 Å². The van der Waals surface area contributed by atoms with Crippen LogP contribution in [0, 0.1) is 5.95 Å². The molecule has 0 aliphatic rings. The third kappa shape index (κ3) is 1.85. The number of hydrogen-bond acceptors (Lipinski definition) is 3. The maximum Gasteiger partial charge on any atom is 0.218 e. The van der Waals surface area contributed by atoms with Gasteiger partial charge in [0.1, 0.15) is 10.8 Å². The number of hydrogen-bond donors (Lipinski definition) is 0. The third-order valence-electron chi connectivity index (χ3n) is 2.26. The van der Waals surface area contributed by atoms with E-state index in [0.717, 1.165) is 11.6 Å². The van der Waals surface area contributed by atoms with Crippen LogP contribution in [0.2, 0.25) is 5.15 Å². The van der Waals surface area contributed by atoms with Gasteiger partial charge in [-0.15, -0.1) is 0 Å². The molecule has 84 valence electrons. The van der Waals surface area contributed by atoms with Crippen LogP contribution in [0.25, 0.3) is 17.0 Å². The zero-order chi connectivity index (χ0) is 11.8. The van der Waals surface area contributed by atoms with Crippen LogP contribution in [0.4, 0.5) is 4.39 Å². The first-order valence-corrected chi connectivity index (χ1v) is 5.25. The minimum atomic E-state index is -0.669. The second kappa shape index (κ2) is 3.78. The van der Waals surface area contributed by atoms with Gasteiger partial charge in [0.25, 0.3) is 0 Å². The van der Waals surface area contributed by atoms with Crippen molar-refractivity contribution in [2.24, 2.45) is 0 Å². The number of fused-ring (bicyclic) bond motifs is 1. The summed E-state index contributed by atoms with van der Waals surface area (Å²) in [6, 6.07) is 8.45. The Morgan fingerprint density at radius 2 is 2.06 bits per heavy atom. The maximum absolute atomic E-state index is 13.1. The molecule has 0 saturated heterocycles. The minimum absolute atomic E-state index is 0.0598. The van der Waals surface area contributed by atoms with Gasteiger partial charge in [-0.05, 0) is 18.2 Å². The number of pyridine rings is 1. The Morgan fingerprint density at radius 1 is 1.18 bits per heavy atom. The van der Waals surface area contributed by atoms with E-state index in [1.165, 1.54) is 0 Å². The molecule has 0 aliphatic carbocycles. The molecule has 0 saturated carbocycles. The molecular formula is C11H6ClFN4. The third-order valence-corrected chi connectivity index (χ3v) is 2.46. The molecule has 0 aromatic carbocycles. The quantitative estimate of drug-likeness (QED) is 0.622. The predicted octanol–water partition coefficient (Wildman–Crippen LogP) is 2.58. The summed E-state index contributed by atoms with van der Waals surface area (Å²) in [7, 11) is 0. The number of halogens is 2. The van der Waals surface area contributed by atoms with E-state index in [1.807, 2.05) is 18.2 Å². The summed E-state index contributed by atoms with van der Waals surface area (Å²) < 4.78 is 14.8. The van der Waals surface area contributed by atoms with Gasteiger partial charge in [-0.25, -0.2) is 9.50 Å². The Labute approximate surface area is 101 Å². The molecule has 0 fully saturated rings. The van der Waals surface area contributed by atoms with E-state index in [4.69, 9.17) is 11.6 Å². The normalized spacial score (nSPS) is 10.9. The molecule has 0 unspecified atom stereocenters. The van der Waals surface area contributed by atoms with Crippen LogP contribution in [0.5, 0.6) is 0 Å². The molecule has 3 heterocycles. The molecule has 0 N–H and O–H groups in total. The van der Waals surface area contributed by atoms with E-state index in [0.29, 0.717) is 5.69 Å². The SMILES string of the molecule is Fc1cc(Cl)nc(-c2cc3ccccn3n2)n1. The van der Waals surface area contributed by atoms with Gasteiger partial charge in [0.05, 0.1) is 5.52 Å². The Morgan fingerprint density at radius 3 is 2.82 bits per heavy atom. The molecule has 0 bridgehead atoms. The summed E-state index contributed by atoms with van der Waals surface area (Å²) >= 11 is 5.67. The molecule has 0 radical (unpaired) electrons. The lowest BCUT2D eigenvalue weighted by Gasteiger charge is -1.95. The number of rotatable bonds is 1. The van der Waals surface area contributed by atoms with Gasteiger partial charge in [0, 0.05) is 12.3 Å². The summed E-state index contributed by atoms with van der Waals surface area (Å²) in [5.41, 5.74) is 1.36. The number of nitrogens with zero attached hydrogens (tertiary/aromatic N) is 4. The van der Waals surface area contributed by atoms with Gasteiger partial charge in [-0.1, -0.05) is 17.7 Å². The van der Waals surface area contributed by atoms with Gasteiger partial charge < -0.3 is 0 Å². The average molecular weight is 249 g/mol. The van der Waals surface area contributed by atoms with Crippen molar-refractivity contribution in [3.63, 3.8) is 0 Å². The lowest BCUT2D eigenvalue weighted by Crippen LogP contribution is -1.94. The molecule has 0 spiro atoms. The van der Waals surface area contributed by atoms with Crippen molar-refractivity contribution in [2.45, 2.75) is 0 Å². The summed E-state index contributed by atoms with van der Waals surface area (Å²) in [5, 5.41) is 4.29. The fourth-order valence-electron chi connectivity index (χ4n) is 1.55. The lowest BCUT2D eigenvalue weighted by molar-refractivity contribution is 0.581. The largest absolute Gasteiger partial charge is 0.240 e. The summed E-state index contributed by atoms with van der Waals surface area (Å²) in [6.45, 7) is 0. The highest BCUT2D eigenvalue weighted by Crippen LogP contribution is 2.18. The Kier molecular flexibility index (Phi) is 2.26. The van der Waals surface area contributed by atoms with Gasteiger partial charge >= 0.3 is 0 Å². The zero-order valence-electron chi connectivity index (χ0n) is 8.51. The molecule has 3 aromatic rings. The fourth-order valence-corrected chi connectivity index (χ4v) is 1.72. The molecule has 17 heavy (non-hydrogen) atoms. The van der Waals surface area contributed by atoms with Gasteiger partial charge in [-0.3, -0.25) is 0 Å². The highest BCUT2D eigenvalue weighted by molar-refractivity contribution is 6.29. The standard InChI is InChI=1S/C11H6ClFN4/c12-9-6-10(13)15-11(14-9)8-5-7-3-1-2-4-17(7)16-8/h1-6H. The second-order valence-corrected chi connectivity index (χ2v) is 3.82. The van der Waals surface area contributed by atoms with Gasteiger partial charge in [0.15, 0.2) is 5.82 Å². The van der Waals surface area contributed by atoms with Crippen LogP contribution in [-0.2, 0) is 0 Å². The zero-order valence-corrected chi connectivity index (χ0v) is 9.26. The Bertz CT molecular complexity index is 642. The first kappa shape index (κ1) is 10.2. The van der Waals surface area contributed by atoms with Crippen LogP contribution < -0.4 is 0 Å². The number of aromatic nitrogens is 4. The molecular weight excluding hydrogens is 243 g/mol. The molecule has 0 atom stereocenters. The van der Waals surface area contributed by atoms with E-state index < -0.39 is 5.95 Å². The minimum Gasteiger partial charge on any atom is -0.240 e. The summed E-state index contributed by atoms with van der Waals surface area (Å²) in [5.74, 6) is -0.490. The van der Waals surface area contributed by atoms with E-state index in [9.17, 15) is 4.39 Å². The average Bonchev–Trinajstić information content (AvgIpc) is 2.71. The van der Waals surface area contributed by atoms with Crippen molar-refractivity contribution in [3.05, 3.63) is 47.6 Å². The fraction of sp³-hybridized carbons (Fsp3) is 0. The van der Waals surface area contributed by atoms with Crippen molar-refractivity contribution < 1.29 is 4.39 Å². The monoisotopic (exact) mass is 248 g/mol. The summed E-state index contributed by atoms with van der Waals surface area (Å²) in [6.07, 6.45) is 1.79. The van der Waals surface area contributed by atoms with E-state index in [-0.39, 0.29) is 11.0 Å². The van der Waals surface area contributed by atoms with Crippen LogP contribution in [0.15, 0.2) is 36.5 Å². The molecule has 0 aliphatic heterocycles. The first-order chi connectivity index (χ1) is 8.22. The second-order valence-electron chi connectivity index (χ2n) is 3.44. The summed E-state index contributed by atoms with van der Waals surface area (Å²) in [4.78, 5) is 7.60. The predicted molar refractivity (Wildman–Crippen MR) is 61.2 cm³/mol. The van der Waals surface area contributed by atoms with Crippen molar-refractivity contribution in [2.75, 3.05) is 0 Å². The van der Waals surface area contributed by atoms with E-state index in [2.05, 4.69) is 15.1 Å². The van der Waals surface area contributed by atoms with Crippen LogP contribution in [0.3, 0.4) is 0 Å². The van der Waals surface area contributed by atoms with E-state index in [1.54, 1.807) is 16.8 Å². The topological polar surface area (TPSA) is 43.1 Å². The van der Waals surface area contributed by atoms with Gasteiger partial charge in [0.2, 0.25) is 5.95 Å². The molecule has 6 heteroatoms. The van der Waals surface area contributed by atoms with Crippen LogP contribution >= 0.6 is 11.6 Å². The van der Waals surface area contributed by atoms with Crippen molar-refractivity contribution in [1.29, 1.82) is 0 Å². The Balaban J connectivity index is 2.20. The molecule has 3 rings (SSSR count). The first-order valence-electron chi connectivity index (χ1n) is 4.87. The highest BCUT2D eigenvalue weighted by atomic mass is 35.5. The highest BCUT2D eigenvalue weighted by Gasteiger charge is 2.09. The van der Waals surface area contributed by atoms with Gasteiger partial charge in [-0.2, -0.15) is 14.5 Å². The molecule has 4 nitrogen and oxygen atoms in total. The van der Waals surface area contributed by atoms with Crippen LogP contribution in [0.1, 0.15) is 0 Å². The van der Waals surface area contributed by atoms with Crippen LogP contribution in [-0.4, -0.2) is 19.6 Å². The van der Waals surface area contributed by atoms with Crippen molar-refractivity contribution in [3.8, 4) is 11.5 Å². The molecule has 0 amide bonds. The molecule has 3 aromatic heterocycles. The Hall–Kier alpha value is -2.01. The van der Waals surface area contributed by atoms with Crippen molar-refractivity contribution >= 4 is 17.1 Å². The maximum atomic E-state index is 13.1.